The maximum Gasteiger partial charge on any atom is 2.00 e. The van der Waals surface area contributed by atoms with Crippen LogP contribution in [0.1, 0.15) is 0 Å². The summed E-state index contributed by atoms with van der Waals surface area (Å²) in [5, 5.41) is 37.5. The molecule has 0 aliphatic rings. The van der Waals surface area contributed by atoms with Crippen molar-refractivity contribution in [2.45, 2.75) is 0 Å². The fourth-order valence-electron chi connectivity index (χ4n) is 0. The fourth-order valence-corrected chi connectivity index (χ4v) is 0. The average Bonchev–Trinajstić information content (AvgIpc) is 2.33. The van der Waals surface area contributed by atoms with E-state index in [0.717, 1.165) is 0 Å². The Morgan fingerprint density at radius 3 is 0.294 bits per heavy atom. The molecule has 0 amide bonds. The first-order valence-corrected chi connectivity index (χ1v) is 1.34. The molecule has 0 aromatic rings. The Balaban J connectivity index is -0.00000000267. The van der Waals surface area contributed by atoms with E-state index < -0.39 is 0 Å². The van der Waals surface area contributed by atoms with Crippen LogP contribution in [-0.4, -0.2) is 0 Å². The molecule has 0 spiro atoms. The van der Waals surface area contributed by atoms with Gasteiger partial charge in [0, 0.05) is 0 Å². The quantitative estimate of drug-likeness (QED) is 0.304. The molecular weight excluding hydrogens is 376 g/mol. The zero-order valence-corrected chi connectivity index (χ0v) is 23.4. The van der Waals surface area contributed by atoms with Crippen molar-refractivity contribution in [3.63, 3.8) is 0 Å². The van der Waals surface area contributed by atoms with E-state index in [1.54, 1.807) is 0 Å². The van der Waals surface area contributed by atoms with Gasteiger partial charge in [0.2, 0.25) is 0 Å². The van der Waals surface area contributed by atoms with E-state index in [2.05, 4.69) is 0 Å². The van der Waals surface area contributed by atoms with Gasteiger partial charge in [0.25, 0.3) is 0 Å². The summed E-state index contributed by atoms with van der Waals surface area (Å²) in [5.41, 5.74) is 0. The zero-order valence-electron chi connectivity index (χ0n) is 9.98. The summed E-state index contributed by atoms with van der Waals surface area (Å²) >= 11 is 0. The van der Waals surface area contributed by atoms with E-state index in [0.29, 0.717) is 0 Å². The Morgan fingerprint density at radius 1 is 0.294 bits per heavy atom. The minimum Gasteiger partial charge on any atom is -0.512 e. The molecule has 0 bridgehead atoms. The molecule has 69 valence electrons. The summed E-state index contributed by atoms with van der Waals surface area (Å²) in [4.78, 5) is 0. The largest absolute Gasteiger partial charge is 2.00 e. The molecule has 0 aromatic heterocycles. The predicted molar refractivity (Wildman–Crippen MR) is 29.8 cm³/mol. The van der Waals surface area contributed by atoms with Crippen molar-refractivity contribution < 1.29 is 223 Å². The molecule has 17 heavy (non-hydrogen) atoms. The van der Waals surface area contributed by atoms with Gasteiger partial charge in [0.1, 0.15) is 0 Å². The summed E-state index contributed by atoms with van der Waals surface area (Å²) in [7, 11) is 0. The van der Waals surface area contributed by atoms with Crippen LogP contribution in [-0.2, 0) is 17.1 Å². The predicted octanol–water partition coefficient (Wildman–Crippen LogP) is -11.4. The van der Waals surface area contributed by atoms with Crippen molar-refractivity contribution in [3.8, 4) is 0 Å². The van der Waals surface area contributed by atoms with Crippen LogP contribution in [0.2, 0.25) is 0 Å². The average molecular weight is 376 g/mol. The van der Waals surface area contributed by atoms with Crippen LogP contribution < -0.4 is 206 Å². The normalized spacial score (nSPS) is 0.706. The third-order valence-electron chi connectivity index (χ3n) is 0. The molecule has 0 saturated carbocycles. The molecule has 1 radical (unpaired) electrons. The molecule has 0 fully saturated rings. The Hall–Kier alpha value is 4.00. The van der Waals surface area contributed by atoms with Crippen LogP contribution >= 0.6 is 0 Å². The summed E-state index contributed by atoms with van der Waals surface area (Å²) in [5.74, 6) is 0. The minimum atomic E-state index is 0. The van der Waals surface area contributed by atoms with E-state index in [4.69, 9.17) is 71.0 Å². The van der Waals surface area contributed by atoms with E-state index in [1.807, 2.05) is 0 Å². The monoisotopic (exact) mass is 375 g/mol. The molecule has 0 unspecified atom stereocenters. The molecule has 0 aromatic carbocycles. The van der Waals surface area contributed by atoms with Crippen molar-refractivity contribution in [1.82, 2.24) is 0 Å². The van der Waals surface area contributed by atoms with Crippen molar-refractivity contribution in [1.29, 1.82) is 31.6 Å². The molecule has 0 atom stereocenters. The SMILES string of the molecule is [C-]#N.[C-]#N.[C-]#N.[C-]#N.[C-]#N.[C-]#N.[Cu+2].[K+].[K+].[K+].[K+]. The first kappa shape index (κ1) is 84.0. The second kappa shape index (κ2) is 450. The first-order valence-electron chi connectivity index (χ1n) is 1.34. The van der Waals surface area contributed by atoms with Crippen LogP contribution in [0, 0.1) is 71.0 Å². The van der Waals surface area contributed by atoms with Crippen molar-refractivity contribution >= 4 is 0 Å². The first-order chi connectivity index (χ1) is 6.00. The zero-order chi connectivity index (χ0) is 12.0. The topological polar surface area (TPSA) is 143 Å². The molecule has 0 aliphatic carbocycles. The van der Waals surface area contributed by atoms with E-state index in [1.165, 1.54) is 0 Å². The van der Waals surface area contributed by atoms with Crippen LogP contribution in [0.4, 0.5) is 0 Å². The smallest absolute Gasteiger partial charge is 0.512 e. The van der Waals surface area contributed by atoms with Gasteiger partial charge in [0.05, 0.1) is 0 Å². The van der Waals surface area contributed by atoms with Gasteiger partial charge in [-0.2, -0.15) is 0 Å². The Bertz CT molecular complexity index is 106. The third kappa shape index (κ3) is 404. The van der Waals surface area contributed by atoms with Gasteiger partial charge >= 0.3 is 223 Å². The van der Waals surface area contributed by atoms with Gasteiger partial charge in [-0.3, -0.25) is 0 Å². The summed E-state index contributed by atoms with van der Waals surface area (Å²) in [6.45, 7) is 28.5. The van der Waals surface area contributed by atoms with Gasteiger partial charge in [-0.25, -0.2) is 0 Å². The standard InChI is InChI=1S/6CN.Cu.4K/c6*1-2;;;;;/q6*-1;+2;4*+1. The summed E-state index contributed by atoms with van der Waals surface area (Å²) in [6, 6.07) is 0. The number of hydrogen-bond donors (Lipinski definition) is 0. The van der Waals surface area contributed by atoms with E-state index in [9.17, 15) is 0 Å². The van der Waals surface area contributed by atoms with Crippen molar-refractivity contribution in [2.24, 2.45) is 0 Å². The van der Waals surface area contributed by atoms with Gasteiger partial charge in [0.15, 0.2) is 0 Å². The van der Waals surface area contributed by atoms with Crippen LogP contribution in [0.15, 0.2) is 0 Å². The Morgan fingerprint density at radius 2 is 0.294 bits per heavy atom. The molecule has 0 rings (SSSR count). The van der Waals surface area contributed by atoms with Crippen molar-refractivity contribution in [2.75, 3.05) is 0 Å². The van der Waals surface area contributed by atoms with Gasteiger partial charge < -0.3 is 71.0 Å². The van der Waals surface area contributed by atoms with Gasteiger partial charge in [-0.1, -0.05) is 0 Å². The molecule has 11 heteroatoms. The number of rotatable bonds is 0. The third-order valence-corrected chi connectivity index (χ3v) is 0. The van der Waals surface area contributed by atoms with Crippen LogP contribution in [0.25, 0.3) is 0 Å². The second-order valence-corrected chi connectivity index (χ2v) is 0. The minimum absolute atomic E-state index is 0. The van der Waals surface area contributed by atoms with E-state index >= 15 is 0 Å². The molecule has 0 aliphatic heterocycles. The van der Waals surface area contributed by atoms with Gasteiger partial charge in [-0.15, -0.1) is 0 Å². The molecular formula is C6CuK4N6. The summed E-state index contributed by atoms with van der Waals surface area (Å²) < 4.78 is 0. The maximum absolute atomic E-state index is 6.25. The summed E-state index contributed by atoms with van der Waals surface area (Å²) in [6.07, 6.45) is 0. The molecule has 0 N–H and O–H groups in total. The maximum atomic E-state index is 6.25. The van der Waals surface area contributed by atoms with Crippen LogP contribution in [0.5, 0.6) is 0 Å². The number of nitrogens with zero attached hydrogens (tertiary/aromatic N) is 6. The molecule has 0 saturated heterocycles. The fraction of sp³-hybridized carbons (Fsp3) is 0. The van der Waals surface area contributed by atoms with Gasteiger partial charge in [-0.05, 0) is 0 Å². The van der Waals surface area contributed by atoms with Crippen molar-refractivity contribution in [3.05, 3.63) is 39.4 Å². The molecule has 0 heterocycles. The molecule has 6 nitrogen and oxygen atoms in total. The Labute approximate surface area is 284 Å². The Kier molecular flexibility index (Phi) is 2230. The number of hydrogen-bond acceptors (Lipinski definition) is 6. The van der Waals surface area contributed by atoms with Crippen LogP contribution in [0.3, 0.4) is 0 Å². The van der Waals surface area contributed by atoms with E-state index in [-0.39, 0.29) is 223 Å². The second-order valence-electron chi connectivity index (χ2n) is 0.